The summed E-state index contributed by atoms with van der Waals surface area (Å²) >= 11 is 0. The third-order valence-electron chi connectivity index (χ3n) is 9.94. The maximum Gasteiger partial charge on any atom is 0.269 e. The number of benzene rings is 8. The fraction of sp³-hybridized carbons (Fsp3) is 0.0952. The highest BCUT2D eigenvalue weighted by molar-refractivity contribution is 6.37. The number of aryl methyl sites for hydroxylation is 2. The number of non-ortho nitro benzene ring substituents is 2. The van der Waals surface area contributed by atoms with Gasteiger partial charge in [0.15, 0.2) is 0 Å². The molecular formula is C42H30N2O6. The molecule has 0 N–H and O–H groups in total. The number of nitrogens with zero attached hydrogens (tertiary/aromatic N) is 2. The van der Waals surface area contributed by atoms with E-state index in [2.05, 4.69) is 74.5 Å². The lowest BCUT2D eigenvalue weighted by atomic mass is 9.84. The van der Waals surface area contributed by atoms with E-state index in [1.165, 1.54) is 24.3 Å². The van der Waals surface area contributed by atoms with Crippen molar-refractivity contribution in [2.75, 3.05) is 14.2 Å². The molecule has 0 bridgehead atoms. The summed E-state index contributed by atoms with van der Waals surface area (Å²) < 4.78 is 12.2. The lowest BCUT2D eigenvalue weighted by Gasteiger charge is -2.21. The Morgan fingerprint density at radius 2 is 0.860 bits per heavy atom. The smallest absolute Gasteiger partial charge is 0.269 e. The van der Waals surface area contributed by atoms with Gasteiger partial charge in [0, 0.05) is 46.5 Å². The van der Waals surface area contributed by atoms with Gasteiger partial charge in [-0.25, -0.2) is 0 Å². The zero-order chi connectivity index (χ0) is 34.8. The van der Waals surface area contributed by atoms with Crippen molar-refractivity contribution in [3.05, 3.63) is 141 Å². The minimum atomic E-state index is -0.398. The standard InChI is InChI=1S/C42H30N2O6/c1-23-37-27(21-35(41(23)49-3)25-9-15-29(16-10-25)43(45)46)13-19-33-31-7-5-6-8-32(31)34-20-14-28-22-36(26-11-17-30(18-12-26)44(47)48)42(50-4)24(2)38(28)40(34)39(33)37/h5-22H,1-4H3. The van der Waals surface area contributed by atoms with E-state index in [0.29, 0.717) is 11.5 Å². The fourth-order valence-corrected chi connectivity index (χ4v) is 7.76. The van der Waals surface area contributed by atoms with Crippen LogP contribution in [0.4, 0.5) is 11.4 Å². The van der Waals surface area contributed by atoms with Gasteiger partial charge in [0.05, 0.1) is 24.1 Å². The third-order valence-corrected chi connectivity index (χ3v) is 9.94. The largest absolute Gasteiger partial charge is 0.496 e. The summed E-state index contributed by atoms with van der Waals surface area (Å²) in [6.45, 7) is 4.14. The Bertz CT molecular complexity index is 2550. The van der Waals surface area contributed by atoms with Gasteiger partial charge in [-0.1, -0.05) is 48.5 Å². The van der Waals surface area contributed by atoms with Crippen LogP contribution < -0.4 is 9.47 Å². The molecule has 0 unspecified atom stereocenters. The molecule has 8 heteroatoms. The molecule has 0 aromatic heterocycles. The Kier molecular flexibility index (Phi) is 7.11. The summed E-state index contributed by atoms with van der Waals surface area (Å²) in [5, 5.41) is 33.6. The van der Waals surface area contributed by atoms with Crippen LogP contribution in [0, 0.1) is 34.1 Å². The number of nitro benzene ring substituents is 2. The highest BCUT2D eigenvalue weighted by Crippen LogP contribution is 2.49. The van der Waals surface area contributed by atoms with Crippen molar-refractivity contribution in [2.24, 2.45) is 0 Å². The van der Waals surface area contributed by atoms with Gasteiger partial charge in [-0.2, -0.15) is 0 Å². The number of ether oxygens (including phenoxy) is 2. The van der Waals surface area contributed by atoms with Crippen LogP contribution >= 0.6 is 0 Å². The predicted octanol–water partition coefficient (Wildman–Crippen LogP) is 11.2. The van der Waals surface area contributed by atoms with Crippen LogP contribution in [0.1, 0.15) is 11.1 Å². The van der Waals surface area contributed by atoms with Gasteiger partial charge < -0.3 is 9.47 Å². The van der Waals surface area contributed by atoms with Crippen molar-refractivity contribution >= 4 is 65.2 Å². The van der Waals surface area contributed by atoms with E-state index in [1.807, 2.05) is 0 Å². The average molecular weight is 659 g/mol. The van der Waals surface area contributed by atoms with Crippen molar-refractivity contribution in [3.63, 3.8) is 0 Å². The van der Waals surface area contributed by atoms with E-state index in [0.717, 1.165) is 87.2 Å². The van der Waals surface area contributed by atoms with Crippen LogP contribution in [0.25, 0.3) is 76.1 Å². The second kappa shape index (κ2) is 11.6. The van der Waals surface area contributed by atoms with Crippen molar-refractivity contribution in [1.29, 1.82) is 0 Å². The number of hydrogen-bond acceptors (Lipinski definition) is 6. The molecule has 0 aliphatic heterocycles. The quantitative estimate of drug-likeness (QED) is 0.1000. The first kappa shape index (κ1) is 30.8. The van der Waals surface area contributed by atoms with Gasteiger partial charge in [0.25, 0.3) is 11.4 Å². The molecule has 0 atom stereocenters. The van der Waals surface area contributed by atoms with Crippen molar-refractivity contribution in [2.45, 2.75) is 13.8 Å². The predicted molar refractivity (Wildman–Crippen MR) is 201 cm³/mol. The van der Waals surface area contributed by atoms with Gasteiger partial charge in [-0.15, -0.1) is 0 Å². The molecule has 50 heavy (non-hydrogen) atoms. The molecule has 8 aromatic rings. The fourth-order valence-electron chi connectivity index (χ4n) is 7.76. The molecule has 0 aliphatic rings. The molecule has 8 aromatic carbocycles. The molecule has 8 nitrogen and oxygen atoms in total. The summed E-state index contributed by atoms with van der Waals surface area (Å²) in [5.74, 6) is 1.41. The highest BCUT2D eigenvalue weighted by Gasteiger charge is 2.22. The summed E-state index contributed by atoms with van der Waals surface area (Å²) in [4.78, 5) is 21.9. The summed E-state index contributed by atoms with van der Waals surface area (Å²) in [6.07, 6.45) is 0. The highest BCUT2D eigenvalue weighted by atomic mass is 16.6. The molecule has 0 amide bonds. The third kappa shape index (κ3) is 4.53. The SMILES string of the molecule is COc1c(-c2ccc([N+](=O)[O-])cc2)cc2ccc3c4ccccc4c4ccc5cc(-c6ccc([N+](=O)[O-])cc6)c(OC)c(C)c5c4c3c2c1C. The van der Waals surface area contributed by atoms with E-state index in [9.17, 15) is 20.2 Å². The Morgan fingerprint density at radius 3 is 1.20 bits per heavy atom. The summed E-state index contributed by atoms with van der Waals surface area (Å²) in [5.41, 5.74) is 5.35. The molecule has 0 saturated heterocycles. The molecule has 0 aliphatic carbocycles. The first-order chi connectivity index (χ1) is 24.2. The van der Waals surface area contributed by atoms with Crippen molar-refractivity contribution in [3.8, 4) is 33.8 Å². The van der Waals surface area contributed by atoms with Crippen LogP contribution in [0.3, 0.4) is 0 Å². The van der Waals surface area contributed by atoms with Crippen LogP contribution in [0.5, 0.6) is 11.5 Å². The summed E-state index contributed by atoms with van der Waals surface area (Å²) in [7, 11) is 3.32. The average Bonchev–Trinajstić information content (AvgIpc) is 3.14. The Labute approximate surface area is 286 Å². The summed E-state index contributed by atoms with van der Waals surface area (Å²) in [6, 6.07) is 34.4. The van der Waals surface area contributed by atoms with E-state index in [4.69, 9.17) is 9.47 Å². The number of rotatable bonds is 6. The number of nitro groups is 2. The Balaban J connectivity index is 1.52. The van der Waals surface area contributed by atoms with Gasteiger partial charge in [-0.05, 0) is 115 Å². The minimum absolute atomic E-state index is 0.0315. The van der Waals surface area contributed by atoms with Crippen LogP contribution in [-0.4, -0.2) is 24.1 Å². The van der Waals surface area contributed by atoms with E-state index in [1.54, 1.807) is 38.5 Å². The normalized spacial score (nSPS) is 11.5. The maximum absolute atomic E-state index is 11.4. The Morgan fingerprint density at radius 1 is 0.480 bits per heavy atom. The Hall–Kier alpha value is -6.54. The maximum atomic E-state index is 11.4. The monoisotopic (exact) mass is 658 g/mol. The van der Waals surface area contributed by atoms with E-state index < -0.39 is 9.85 Å². The molecule has 0 saturated carbocycles. The van der Waals surface area contributed by atoms with E-state index in [-0.39, 0.29) is 11.4 Å². The zero-order valence-corrected chi connectivity index (χ0v) is 27.7. The number of methoxy groups -OCH3 is 2. The first-order valence-electron chi connectivity index (χ1n) is 16.1. The lowest BCUT2D eigenvalue weighted by Crippen LogP contribution is -1.97. The van der Waals surface area contributed by atoms with Gasteiger partial charge in [0.2, 0.25) is 0 Å². The van der Waals surface area contributed by atoms with E-state index >= 15 is 0 Å². The topological polar surface area (TPSA) is 105 Å². The second-order valence-electron chi connectivity index (χ2n) is 12.5. The van der Waals surface area contributed by atoms with Crippen LogP contribution in [0.2, 0.25) is 0 Å². The van der Waals surface area contributed by atoms with Gasteiger partial charge in [0.1, 0.15) is 11.5 Å². The molecule has 244 valence electrons. The molecule has 8 rings (SSSR count). The molecule has 0 heterocycles. The molecule has 0 fully saturated rings. The lowest BCUT2D eigenvalue weighted by molar-refractivity contribution is -0.385. The molecule has 0 radical (unpaired) electrons. The number of hydrogen-bond donors (Lipinski definition) is 0. The van der Waals surface area contributed by atoms with Crippen molar-refractivity contribution in [1.82, 2.24) is 0 Å². The molecular weight excluding hydrogens is 628 g/mol. The zero-order valence-electron chi connectivity index (χ0n) is 27.7. The molecule has 0 spiro atoms. The van der Waals surface area contributed by atoms with Crippen LogP contribution in [0.15, 0.2) is 109 Å². The number of fused-ring (bicyclic) bond motifs is 10. The first-order valence-corrected chi connectivity index (χ1v) is 16.1. The van der Waals surface area contributed by atoms with Gasteiger partial charge in [-0.3, -0.25) is 20.2 Å². The second-order valence-corrected chi connectivity index (χ2v) is 12.5. The van der Waals surface area contributed by atoms with Crippen molar-refractivity contribution < 1.29 is 19.3 Å². The van der Waals surface area contributed by atoms with Gasteiger partial charge >= 0.3 is 0 Å². The minimum Gasteiger partial charge on any atom is -0.496 e. The van der Waals surface area contributed by atoms with Crippen LogP contribution in [-0.2, 0) is 0 Å².